The fourth-order valence-corrected chi connectivity index (χ4v) is 8.00. The van der Waals surface area contributed by atoms with Gasteiger partial charge in [0, 0.05) is 18.2 Å². The molecule has 1 heterocycles. The van der Waals surface area contributed by atoms with E-state index in [1.165, 1.54) is 44.9 Å². The zero-order valence-electron chi connectivity index (χ0n) is 17.9. The quantitative estimate of drug-likeness (QED) is 0.599. The first-order valence-corrected chi connectivity index (χ1v) is 11.7. The van der Waals surface area contributed by atoms with E-state index in [1.807, 2.05) is 16.9 Å². The highest BCUT2D eigenvalue weighted by Crippen LogP contribution is 2.66. The van der Waals surface area contributed by atoms with Crippen molar-refractivity contribution in [3.05, 3.63) is 23.5 Å². The normalized spacial score (nSPS) is 44.2. The van der Waals surface area contributed by atoms with Crippen molar-refractivity contribution in [2.75, 3.05) is 0 Å². The van der Waals surface area contributed by atoms with E-state index in [9.17, 15) is 4.79 Å². The SMILES string of the molecule is CCn1nccc1/C=C1\C[C@@H]2[C@H]3CC[C@H]4CCCC[C@]4(C)[C@@H]3CC[C@@]2(C)C1=O. The van der Waals surface area contributed by atoms with Gasteiger partial charge in [-0.3, -0.25) is 9.48 Å². The third kappa shape index (κ3) is 2.53. The first-order chi connectivity index (χ1) is 13.5. The zero-order chi connectivity index (χ0) is 19.5. The van der Waals surface area contributed by atoms with Crippen LogP contribution in [0.3, 0.4) is 0 Å². The van der Waals surface area contributed by atoms with Crippen LogP contribution in [-0.2, 0) is 11.3 Å². The minimum absolute atomic E-state index is 0.123. The topological polar surface area (TPSA) is 34.9 Å². The van der Waals surface area contributed by atoms with Gasteiger partial charge in [-0.1, -0.05) is 26.7 Å². The van der Waals surface area contributed by atoms with Gasteiger partial charge in [-0.25, -0.2) is 0 Å². The molecule has 28 heavy (non-hydrogen) atoms. The molecule has 1 aromatic heterocycles. The van der Waals surface area contributed by atoms with Gasteiger partial charge < -0.3 is 0 Å². The molecule has 4 saturated carbocycles. The van der Waals surface area contributed by atoms with Crippen molar-refractivity contribution in [2.45, 2.75) is 85.1 Å². The average Bonchev–Trinajstić information content (AvgIpc) is 3.24. The molecule has 0 bridgehead atoms. The molecular weight excluding hydrogens is 344 g/mol. The summed E-state index contributed by atoms with van der Waals surface area (Å²) in [6.07, 6.45) is 15.9. The maximum absolute atomic E-state index is 13.5. The molecule has 0 saturated heterocycles. The Bertz CT molecular complexity index is 807. The lowest BCUT2D eigenvalue weighted by molar-refractivity contribution is -0.137. The third-order valence-corrected chi connectivity index (χ3v) is 9.59. The van der Waals surface area contributed by atoms with Crippen molar-refractivity contribution >= 4 is 11.9 Å². The van der Waals surface area contributed by atoms with Gasteiger partial charge >= 0.3 is 0 Å². The Labute approximate surface area is 170 Å². The van der Waals surface area contributed by atoms with Gasteiger partial charge in [0.25, 0.3) is 0 Å². The lowest BCUT2D eigenvalue weighted by Gasteiger charge is -2.59. The molecule has 4 aliphatic rings. The summed E-state index contributed by atoms with van der Waals surface area (Å²) in [7, 11) is 0. The number of nitrogens with zero attached hydrogens (tertiary/aromatic N) is 2. The van der Waals surface area contributed by atoms with Crippen LogP contribution in [0.4, 0.5) is 0 Å². The van der Waals surface area contributed by atoms with Crippen molar-refractivity contribution in [3.8, 4) is 0 Å². The van der Waals surface area contributed by atoms with Gasteiger partial charge in [0.2, 0.25) is 0 Å². The Kier molecular flexibility index (Phi) is 4.37. The van der Waals surface area contributed by atoms with Crippen molar-refractivity contribution in [3.63, 3.8) is 0 Å². The van der Waals surface area contributed by atoms with Crippen LogP contribution in [0.25, 0.3) is 6.08 Å². The number of hydrogen-bond donors (Lipinski definition) is 0. The van der Waals surface area contributed by atoms with Crippen LogP contribution in [0.2, 0.25) is 0 Å². The summed E-state index contributed by atoms with van der Waals surface area (Å²) in [5.74, 6) is 3.54. The van der Waals surface area contributed by atoms with Gasteiger partial charge in [-0.2, -0.15) is 5.10 Å². The van der Waals surface area contributed by atoms with E-state index in [-0.39, 0.29) is 5.41 Å². The molecule has 3 nitrogen and oxygen atoms in total. The Morgan fingerprint density at radius 3 is 2.82 bits per heavy atom. The fraction of sp³-hybridized carbons (Fsp3) is 0.760. The number of aryl methyl sites for hydroxylation is 1. The van der Waals surface area contributed by atoms with Crippen LogP contribution in [0.15, 0.2) is 17.8 Å². The molecule has 0 spiro atoms. The number of carbonyl (C=O) groups excluding carboxylic acids is 1. The van der Waals surface area contributed by atoms with Crippen LogP contribution >= 0.6 is 0 Å². The number of ketones is 1. The number of Topliss-reactive ketones (excluding diaryl/α,β-unsaturated/α-hetero) is 1. The Hall–Kier alpha value is -1.38. The first kappa shape index (κ1) is 18.6. The van der Waals surface area contributed by atoms with Crippen molar-refractivity contribution in [1.29, 1.82) is 0 Å². The van der Waals surface area contributed by atoms with Crippen molar-refractivity contribution in [1.82, 2.24) is 9.78 Å². The third-order valence-electron chi connectivity index (χ3n) is 9.59. The molecule has 0 unspecified atom stereocenters. The second kappa shape index (κ2) is 6.57. The Balaban J connectivity index is 1.47. The van der Waals surface area contributed by atoms with Crippen LogP contribution in [0.5, 0.6) is 0 Å². The highest BCUT2D eigenvalue weighted by molar-refractivity contribution is 6.05. The lowest BCUT2D eigenvalue weighted by atomic mass is 9.45. The molecule has 4 fully saturated rings. The average molecular weight is 381 g/mol. The summed E-state index contributed by atoms with van der Waals surface area (Å²) in [6, 6.07) is 2.05. The van der Waals surface area contributed by atoms with Gasteiger partial charge in [0.1, 0.15) is 0 Å². The molecule has 5 rings (SSSR count). The Morgan fingerprint density at radius 1 is 1.14 bits per heavy atom. The van der Waals surface area contributed by atoms with Gasteiger partial charge in [-0.15, -0.1) is 0 Å². The highest BCUT2D eigenvalue weighted by Gasteiger charge is 2.60. The maximum atomic E-state index is 13.5. The number of hydrogen-bond acceptors (Lipinski definition) is 2. The second-order valence-corrected chi connectivity index (χ2v) is 10.6. The molecule has 0 aromatic carbocycles. The van der Waals surface area contributed by atoms with Crippen LogP contribution in [0, 0.1) is 34.5 Å². The smallest absolute Gasteiger partial charge is 0.165 e. The van der Waals surface area contributed by atoms with Crippen LogP contribution in [-0.4, -0.2) is 15.6 Å². The Morgan fingerprint density at radius 2 is 2.00 bits per heavy atom. The summed E-state index contributed by atoms with van der Waals surface area (Å²) in [5, 5.41) is 4.39. The van der Waals surface area contributed by atoms with Gasteiger partial charge in [-0.05, 0) is 98.7 Å². The fourth-order valence-electron chi connectivity index (χ4n) is 8.00. The molecule has 0 amide bonds. The predicted molar refractivity (Wildman–Crippen MR) is 113 cm³/mol. The molecule has 0 aliphatic heterocycles. The maximum Gasteiger partial charge on any atom is 0.165 e. The molecule has 1 aromatic rings. The van der Waals surface area contributed by atoms with Crippen LogP contribution < -0.4 is 0 Å². The molecule has 0 N–H and O–H groups in total. The van der Waals surface area contributed by atoms with E-state index in [0.29, 0.717) is 17.1 Å². The van der Waals surface area contributed by atoms with Gasteiger partial charge in [0.05, 0.1) is 5.69 Å². The minimum Gasteiger partial charge on any atom is -0.294 e. The molecule has 6 atom stereocenters. The number of fused-ring (bicyclic) bond motifs is 5. The molecule has 3 heteroatoms. The van der Waals surface area contributed by atoms with E-state index in [0.717, 1.165) is 48.4 Å². The number of carbonyl (C=O) groups is 1. The first-order valence-electron chi connectivity index (χ1n) is 11.7. The number of allylic oxidation sites excluding steroid dienone is 1. The minimum atomic E-state index is -0.123. The summed E-state index contributed by atoms with van der Waals surface area (Å²) in [5.41, 5.74) is 2.58. The second-order valence-electron chi connectivity index (χ2n) is 10.6. The summed E-state index contributed by atoms with van der Waals surface area (Å²) in [6.45, 7) is 7.87. The van der Waals surface area contributed by atoms with Crippen molar-refractivity contribution < 1.29 is 4.79 Å². The molecule has 4 aliphatic carbocycles. The van der Waals surface area contributed by atoms with E-state index in [4.69, 9.17) is 0 Å². The zero-order valence-corrected chi connectivity index (χ0v) is 17.9. The van der Waals surface area contributed by atoms with E-state index >= 15 is 0 Å². The summed E-state index contributed by atoms with van der Waals surface area (Å²) in [4.78, 5) is 13.5. The van der Waals surface area contributed by atoms with E-state index in [2.05, 4.69) is 31.9 Å². The van der Waals surface area contributed by atoms with Crippen LogP contribution in [0.1, 0.15) is 84.3 Å². The van der Waals surface area contributed by atoms with Crippen molar-refractivity contribution in [2.24, 2.45) is 34.5 Å². The van der Waals surface area contributed by atoms with E-state index in [1.54, 1.807) is 0 Å². The predicted octanol–water partition coefficient (Wildman–Crippen LogP) is 5.90. The highest BCUT2D eigenvalue weighted by atomic mass is 16.1. The lowest BCUT2D eigenvalue weighted by Crippen LogP contribution is -2.52. The molecule has 0 radical (unpaired) electrons. The number of rotatable bonds is 2. The van der Waals surface area contributed by atoms with Gasteiger partial charge in [0.15, 0.2) is 5.78 Å². The molecular formula is C25H36N2O. The number of aromatic nitrogens is 2. The van der Waals surface area contributed by atoms with E-state index < -0.39 is 0 Å². The molecule has 152 valence electrons. The summed E-state index contributed by atoms with van der Waals surface area (Å²) < 4.78 is 2.00. The monoisotopic (exact) mass is 380 g/mol. The largest absolute Gasteiger partial charge is 0.294 e. The standard InChI is InChI=1S/C25H36N2O/c1-4-27-19(11-14-26-27)15-17-16-22-20-9-8-18-7-5-6-12-24(18,2)21(20)10-13-25(22,3)23(17)28/h11,14-15,18,20-22H,4-10,12-13,16H2,1-3H3/b17-15+/t18-,20+,21-,22-,24+,25-/m1/s1. The summed E-state index contributed by atoms with van der Waals surface area (Å²) >= 11 is 0.